The SMILES string of the molecule is CC(C)c1c([N+](=O)[O-])cc(OC(=O)OC(F)F)cc1[N+](=O)[O-]. The van der Waals surface area contributed by atoms with Crippen molar-refractivity contribution in [2.75, 3.05) is 0 Å². The van der Waals surface area contributed by atoms with Gasteiger partial charge in [0.15, 0.2) is 0 Å². The molecular formula is C11H10F2N2O7. The maximum atomic E-state index is 11.8. The summed E-state index contributed by atoms with van der Waals surface area (Å²) in [4.78, 5) is 31.2. The molecule has 0 bridgehead atoms. The minimum absolute atomic E-state index is 0.176. The number of nitro benzene ring substituents is 2. The molecule has 22 heavy (non-hydrogen) atoms. The summed E-state index contributed by atoms with van der Waals surface area (Å²) in [7, 11) is 0. The van der Waals surface area contributed by atoms with Crippen molar-refractivity contribution >= 4 is 17.5 Å². The number of carbonyl (C=O) groups is 1. The highest BCUT2D eigenvalue weighted by molar-refractivity contribution is 5.67. The van der Waals surface area contributed by atoms with Gasteiger partial charge in [0.25, 0.3) is 11.4 Å². The van der Waals surface area contributed by atoms with Gasteiger partial charge in [-0.25, -0.2) is 4.79 Å². The lowest BCUT2D eigenvalue weighted by molar-refractivity contribution is -0.395. The number of benzene rings is 1. The molecular weight excluding hydrogens is 310 g/mol. The zero-order valence-corrected chi connectivity index (χ0v) is 11.3. The molecule has 0 amide bonds. The van der Waals surface area contributed by atoms with E-state index in [4.69, 9.17) is 0 Å². The lowest BCUT2D eigenvalue weighted by atomic mass is 9.99. The Morgan fingerprint density at radius 1 is 1.14 bits per heavy atom. The van der Waals surface area contributed by atoms with Crippen LogP contribution in [0.15, 0.2) is 12.1 Å². The van der Waals surface area contributed by atoms with E-state index in [1.807, 2.05) is 0 Å². The van der Waals surface area contributed by atoms with Gasteiger partial charge in [-0.3, -0.25) is 20.2 Å². The smallest absolute Gasteiger partial charge is 0.394 e. The first-order valence-electron chi connectivity index (χ1n) is 5.76. The molecule has 0 heterocycles. The first-order chi connectivity index (χ1) is 10.1. The van der Waals surface area contributed by atoms with E-state index in [1.165, 1.54) is 13.8 Å². The first-order valence-corrected chi connectivity index (χ1v) is 5.76. The molecule has 0 aromatic heterocycles. The van der Waals surface area contributed by atoms with Gasteiger partial charge >= 0.3 is 12.8 Å². The third kappa shape index (κ3) is 4.07. The Morgan fingerprint density at radius 2 is 1.59 bits per heavy atom. The van der Waals surface area contributed by atoms with Crippen molar-refractivity contribution in [3.05, 3.63) is 37.9 Å². The van der Waals surface area contributed by atoms with Crippen molar-refractivity contribution in [3.63, 3.8) is 0 Å². The second-order valence-corrected chi connectivity index (χ2v) is 4.27. The number of ether oxygens (including phenoxy) is 2. The molecule has 1 aromatic rings. The molecule has 0 N–H and O–H groups in total. The summed E-state index contributed by atoms with van der Waals surface area (Å²) in [6.07, 6.45) is -1.84. The topological polar surface area (TPSA) is 122 Å². The fourth-order valence-electron chi connectivity index (χ4n) is 1.74. The highest BCUT2D eigenvalue weighted by Crippen LogP contribution is 2.38. The second-order valence-electron chi connectivity index (χ2n) is 4.27. The lowest BCUT2D eigenvalue weighted by Crippen LogP contribution is -2.14. The van der Waals surface area contributed by atoms with E-state index < -0.39 is 45.7 Å². The van der Waals surface area contributed by atoms with Crippen molar-refractivity contribution in [1.29, 1.82) is 0 Å². The number of halogens is 2. The molecule has 0 aliphatic heterocycles. The number of carbonyl (C=O) groups excluding carboxylic acids is 1. The molecule has 0 aliphatic carbocycles. The van der Waals surface area contributed by atoms with Gasteiger partial charge in [-0.05, 0) is 5.92 Å². The number of hydrogen-bond donors (Lipinski definition) is 0. The summed E-state index contributed by atoms with van der Waals surface area (Å²) in [6.45, 7) is -0.450. The van der Waals surface area contributed by atoms with Crippen LogP contribution in [-0.4, -0.2) is 22.6 Å². The first kappa shape index (κ1) is 17.2. The standard InChI is InChI=1S/C11H10F2N2O7/c1-5(2)9-7(14(17)18)3-6(4-8(9)15(19)20)21-11(16)22-10(12)13/h3-5,10H,1-2H3. The second kappa shape index (κ2) is 6.74. The number of nitro groups is 2. The van der Waals surface area contributed by atoms with E-state index in [2.05, 4.69) is 9.47 Å². The van der Waals surface area contributed by atoms with Crippen LogP contribution in [0.4, 0.5) is 25.0 Å². The Bertz CT molecular complexity index is 583. The quantitative estimate of drug-likeness (QED) is 0.353. The largest absolute Gasteiger partial charge is 0.518 e. The average molecular weight is 320 g/mol. The van der Waals surface area contributed by atoms with Crippen molar-refractivity contribution in [2.45, 2.75) is 26.4 Å². The molecule has 0 unspecified atom stereocenters. The van der Waals surface area contributed by atoms with Crippen LogP contribution in [0.25, 0.3) is 0 Å². The van der Waals surface area contributed by atoms with Gasteiger partial charge in [-0.2, -0.15) is 8.78 Å². The van der Waals surface area contributed by atoms with Gasteiger partial charge in [0, 0.05) is 0 Å². The van der Waals surface area contributed by atoms with Crippen LogP contribution in [0.3, 0.4) is 0 Å². The molecule has 11 heteroatoms. The summed E-state index contributed by atoms with van der Waals surface area (Å²) in [5, 5.41) is 22.0. The van der Waals surface area contributed by atoms with E-state index in [-0.39, 0.29) is 5.56 Å². The zero-order valence-electron chi connectivity index (χ0n) is 11.3. The molecule has 1 aromatic carbocycles. The van der Waals surface area contributed by atoms with Crippen molar-refractivity contribution in [3.8, 4) is 5.75 Å². The monoisotopic (exact) mass is 320 g/mol. The van der Waals surface area contributed by atoms with Crippen LogP contribution < -0.4 is 4.74 Å². The van der Waals surface area contributed by atoms with Crippen LogP contribution >= 0.6 is 0 Å². The fraction of sp³-hybridized carbons (Fsp3) is 0.364. The third-order valence-electron chi connectivity index (χ3n) is 2.47. The minimum Gasteiger partial charge on any atom is -0.394 e. The van der Waals surface area contributed by atoms with Crippen LogP contribution in [0.1, 0.15) is 25.3 Å². The number of alkyl halides is 2. The third-order valence-corrected chi connectivity index (χ3v) is 2.47. The number of rotatable bonds is 5. The van der Waals surface area contributed by atoms with Gasteiger partial charge in [0.05, 0.1) is 22.0 Å². The number of nitrogens with zero attached hydrogens (tertiary/aromatic N) is 2. The molecule has 9 nitrogen and oxygen atoms in total. The maximum Gasteiger partial charge on any atom is 0.518 e. The zero-order chi connectivity index (χ0) is 17.0. The van der Waals surface area contributed by atoms with Crippen molar-refractivity contribution in [1.82, 2.24) is 0 Å². The molecule has 0 fully saturated rings. The van der Waals surface area contributed by atoms with Gasteiger partial charge in [-0.1, -0.05) is 13.8 Å². The predicted octanol–water partition coefficient (Wildman–Crippen LogP) is 3.36. The Balaban J connectivity index is 3.35. The van der Waals surface area contributed by atoms with Gasteiger partial charge in [-0.15, -0.1) is 0 Å². The van der Waals surface area contributed by atoms with Gasteiger partial charge in [0.1, 0.15) is 11.3 Å². The number of hydrogen-bond acceptors (Lipinski definition) is 7. The summed E-state index contributed by atoms with van der Waals surface area (Å²) in [5.74, 6) is -1.21. The summed E-state index contributed by atoms with van der Waals surface area (Å²) < 4.78 is 31.4. The summed E-state index contributed by atoms with van der Waals surface area (Å²) >= 11 is 0. The highest BCUT2D eigenvalue weighted by Gasteiger charge is 2.30. The maximum absolute atomic E-state index is 11.8. The van der Waals surface area contributed by atoms with E-state index >= 15 is 0 Å². The predicted molar refractivity (Wildman–Crippen MR) is 67.0 cm³/mol. The van der Waals surface area contributed by atoms with E-state index in [9.17, 15) is 33.8 Å². The Morgan fingerprint density at radius 3 is 1.91 bits per heavy atom. The van der Waals surface area contributed by atoms with Crippen LogP contribution in [0.5, 0.6) is 5.75 Å². The molecule has 0 aliphatic rings. The Kier molecular flexibility index (Phi) is 5.27. The lowest BCUT2D eigenvalue weighted by Gasteiger charge is -2.10. The molecule has 0 saturated heterocycles. The molecule has 120 valence electrons. The highest BCUT2D eigenvalue weighted by atomic mass is 19.3. The van der Waals surface area contributed by atoms with E-state index in [0.717, 1.165) is 12.1 Å². The summed E-state index contributed by atoms with van der Waals surface area (Å²) in [5.41, 5.74) is -1.50. The molecule has 0 radical (unpaired) electrons. The molecule has 0 atom stereocenters. The van der Waals surface area contributed by atoms with E-state index in [1.54, 1.807) is 0 Å². The molecule has 0 spiro atoms. The summed E-state index contributed by atoms with van der Waals surface area (Å²) in [6, 6.07) is 1.46. The average Bonchev–Trinajstić information content (AvgIpc) is 2.35. The van der Waals surface area contributed by atoms with E-state index in [0.29, 0.717) is 0 Å². The van der Waals surface area contributed by atoms with Crippen LogP contribution in [0, 0.1) is 20.2 Å². The fourth-order valence-corrected chi connectivity index (χ4v) is 1.74. The van der Waals surface area contributed by atoms with Gasteiger partial charge in [0.2, 0.25) is 0 Å². The molecule has 1 rings (SSSR count). The Hall–Kier alpha value is -2.85. The normalized spacial score (nSPS) is 10.6. The van der Waals surface area contributed by atoms with Crippen molar-refractivity contribution in [2.24, 2.45) is 0 Å². The van der Waals surface area contributed by atoms with Crippen LogP contribution in [-0.2, 0) is 4.74 Å². The minimum atomic E-state index is -3.45. The van der Waals surface area contributed by atoms with Crippen molar-refractivity contribution < 1.29 is 32.9 Å². The molecule has 0 saturated carbocycles. The van der Waals surface area contributed by atoms with Gasteiger partial charge < -0.3 is 9.47 Å². The van der Waals surface area contributed by atoms with Crippen LogP contribution in [0.2, 0.25) is 0 Å². The Labute approximate surface area is 121 Å².